The van der Waals surface area contributed by atoms with Crippen molar-refractivity contribution >= 4 is 11.7 Å². The molecule has 27 heavy (non-hydrogen) atoms. The van der Waals surface area contributed by atoms with Crippen LogP contribution < -0.4 is 15.0 Å². The molecule has 0 bridgehead atoms. The Balaban J connectivity index is 1.47. The molecule has 7 heteroatoms. The van der Waals surface area contributed by atoms with Gasteiger partial charge in [0.1, 0.15) is 17.3 Å². The molecule has 1 aromatic carbocycles. The third kappa shape index (κ3) is 5.17. The van der Waals surface area contributed by atoms with E-state index in [9.17, 15) is 4.79 Å². The number of anilines is 1. The van der Waals surface area contributed by atoms with E-state index in [1.807, 2.05) is 24.3 Å². The number of carbonyl (C=O) groups excluding carboxylic acids is 1. The summed E-state index contributed by atoms with van der Waals surface area (Å²) in [6, 6.07) is 7.83. The van der Waals surface area contributed by atoms with Gasteiger partial charge in [-0.3, -0.25) is 4.79 Å². The SMILES string of the molecule is CCN1CCN(c2cnc(C(=O)NCCc3ccc(OC)cc3)cn2)CC1. The van der Waals surface area contributed by atoms with Crippen molar-refractivity contribution in [2.75, 3.05) is 51.3 Å². The molecule has 0 unspecified atom stereocenters. The molecule has 1 aromatic heterocycles. The highest BCUT2D eigenvalue weighted by atomic mass is 16.5. The molecule has 1 fully saturated rings. The van der Waals surface area contributed by atoms with E-state index < -0.39 is 0 Å². The number of piperazine rings is 1. The van der Waals surface area contributed by atoms with Crippen molar-refractivity contribution in [1.82, 2.24) is 20.2 Å². The Morgan fingerprint density at radius 3 is 2.44 bits per heavy atom. The Morgan fingerprint density at radius 2 is 1.85 bits per heavy atom. The van der Waals surface area contributed by atoms with Crippen molar-refractivity contribution in [2.45, 2.75) is 13.3 Å². The number of ether oxygens (including phenoxy) is 1. The molecule has 1 saturated heterocycles. The van der Waals surface area contributed by atoms with Crippen molar-refractivity contribution in [3.05, 3.63) is 47.9 Å². The Bertz CT molecular complexity index is 725. The van der Waals surface area contributed by atoms with Crippen LogP contribution in [0.1, 0.15) is 23.0 Å². The number of carbonyl (C=O) groups is 1. The number of rotatable bonds is 7. The predicted octanol–water partition coefficient (Wildman–Crippen LogP) is 1.60. The van der Waals surface area contributed by atoms with Gasteiger partial charge < -0.3 is 19.9 Å². The fraction of sp³-hybridized carbons (Fsp3) is 0.450. The molecule has 0 radical (unpaired) electrons. The summed E-state index contributed by atoms with van der Waals surface area (Å²) in [7, 11) is 1.65. The van der Waals surface area contributed by atoms with Gasteiger partial charge in [-0.1, -0.05) is 19.1 Å². The van der Waals surface area contributed by atoms with Gasteiger partial charge in [0.2, 0.25) is 0 Å². The largest absolute Gasteiger partial charge is 0.497 e. The number of aromatic nitrogens is 2. The van der Waals surface area contributed by atoms with E-state index in [-0.39, 0.29) is 5.91 Å². The van der Waals surface area contributed by atoms with Gasteiger partial charge >= 0.3 is 0 Å². The highest BCUT2D eigenvalue weighted by Crippen LogP contribution is 2.13. The van der Waals surface area contributed by atoms with Crippen LogP contribution in [0.25, 0.3) is 0 Å². The molecule has 1 amide bonds. The predicted molar refractivity (Wildman–Crippen MR) is 105 cm³/mol. The molecule has 0 atom stereocenters. The Kier molecular flexibility index (Phi) is 6.59. The molecule has 3 rings (SSSR count). The number of methoxy groups -OCH3 is 1. The second-order valence-electron chi connectivity index (χ2n) is 6.54. The van der Waals surface area contributed by atoms with Crippen LogP contribution in [0.15, 0.2) is 36.7 Å². The monoisotopic (exact) mass is 369 g/mol. The van der Waals surface area contributed by atoms with E-state index in [1.165, 1.54) is 0 Å². The first-order chi connectivity index (χ1) is 13.2. The van der Waals surface area contributed by atoms with Gasteiger partial charge in [-0.15, -0.1) is 0 Å². The number of likely N-dealkylation sites (N-methyl/N-ethyl adjacent to an activating group) is 1. The van der Waals surface area contributed by atoms with E-state index in [4.69, 9.17) is 4.74 Å². The topological polar surface area (TPSA) is 70.6 Å². The maximum atomic E-state index is 12.3. The number of amides is 1. The molecule has 0 saturated carbocycles. The van der Waals surface area contributed by atoms with Crippen molar-refractivity contribution in [3.63, 3.8) is 0 Å². The molecule has 1 aliphatic rings. The van der Waals surface area contributed by atoms with Crippen LogP contribution in [0.2, 0.25) is 0 Å². The van der Waals surface area contributed by atoms with Crippen LogP contribution >= 0.6 is 0 Å². The maximum absolute atomic E-state index is 12.3. The van der Waals surface area contributed by atoms with Gasteiger partial charge in [0, 0.05) is 32.7 Å². The first kappa shape index (κ1) is 19.1. The summed E-state index contributed by atoms with van der Waals surface area (Å²) in [5.41, 5.74) is 1.49. The number of hydrogen-bond donors (Lipinski definition) is 1. The number of nitrogens with one attached hydrogen (secondary N) is 1. The van der Waals surface area contributed by atoms with Crippen LogP contribution in [0.3, 0.4) is 0 Å². The highest BCUT2D eigenvalue weighted by molar-refractivity contribution is 5.92. The van der Waals surface area contributed by atoms with Crippen molar-refractivity contribution < 1.29 is 9.53 Å². The molecule has 0 aliphatic carbocycles. The van der Waals surface area contributed by atoms with Gasteiger partial charge in [0.25, 0.3) is 5.91 Å². The van der Waals surface area contributed by atoms with Crippen molar-refractivity contribution in [3.8, 4) is 5.75 Å². The Hall–Kier alpha value is -2.67. The average Bonchev–Trinajstić information content (AvgIpc) is 2.74. The molecule has 0 spiro atoms. The summed E-state index contributed by atoms with van der Waals surface area (Å²) in [6.07, 6.45) is 4.01. The zero-order valence-electron chi connectivity index (χ0n) is 16.0. The normalized spacial score (nSPS) is 14.8. The molecule has 1 aliphatic heterocycles. The fourth-order valence-electron chi connectivity index (χ4n) is 3.10. The fourth-order valence-corrected chi connectivity index (χ4v) is 3.10. The van der Waals surface area contributed by atoms with E-state index >= 15 is 0 Å². The molecule has 144 valence electrons. The smallest absolute Gasteiger partial charge is 0.271 e. The third-order valence-electron chi connectivity index (χ3n) is 4.87. The lowest BCUT2D eigenvalue weighted by Gasteiger charge is -2.34. The lowest BCUT2D eigenvalue weighted by molar-refractivity contribution is 0.0949. The zero-order valence-corrected chi connectivity index (χ0v) is 16.0. The van der Waals surface area contributed by atoms with E-state index in [2.05, 4.69) is 32.0 Å². The number of hydrogen-bond acceptors (Lipinski definition) is 6. The van der Waals surface area contributed by atoms with Crippen molar-refractivity contribution in [1.29, 1.82) is 0 Å². The van der Waals surface area contributed by atoms with Crippen LogP contribution in [0.4, 0.5) is 5.82 Å². The van der Waals surface area contributed by atoms with Crippen molar-refractivity contribution in [2.24, 2.45) is 0 Å². The minimum Gasteiger partial charge on any atom is -0.497 e. The summed E-state index contributed by atoms with van der Waals surface area (Å²) in [6.45, 7) is 7.75. The number of nitrogens with zero attached hydrogens (tertiary/aromatic N) is 4. The first-order valence-electron chi connectivity index (χ1n) is 9.40. The minimum atomic E-state index is -0.196. The van der Waals surface area contributed by atoms with Crippen LogP contribution in [-0.4, -0.2) is 67.2 Å². The first-order valence-corrected chi connectivity index (χ1v) is 9.40. The molecular weight excluding hydrogens is 342 g/mol. The highest BCUT2D eigenvalue weighted by Gasteiger charge is 2.17. The Morgan fingerprint density at radius 1 is 1.11 bits per heavy atom. The van der Waals surface area contributed by atoms with E-state index in [0.717, 1.165) is 56.3 Å². The van der Waals surface area contributed by atoms with Gasteiger partial charge in [-0.25, -0.2) is 9.97 Å². The summed E-state index contributed by atoms with van der Waals surface area (Å²) < 4.78 is 5.14. The van der Waals surface area contributed by atoms with E-state index in [1.54, 1.807) is 19.5 Å². The maximum Gasteiger partial charge on any atom is 0.271 e. The second-order valence-corrected chi connectivity index (χ2v) is 6.54. The average molecular weight is 369 g/mol. The molecule has 7 nitrogen and oxygen atoms in total. The standard InChI is InChI=1S/C20H27N5O2/c1-3-24-10-12-25(13-11-24)19-15-22-18(14-23-19)20(26)21-9-8-16-4-6-17(27-2)7-5-16/h4-7,14-15H,3,8-13H2,1-2H3,(H,21,26). The summed E-state index contributed by atoms with van der Waals surface area (Å²) >= 11 is 0. The third-order valence-corrected chi connectivity index (χ3v) is 4.87. The molecular formula is C20H27N5O2. The molecule has 2 aromatic rings. The van der Waals surface area contributed by atoms with E-state index in [0.29, 0.717) is 12.2 Å². The minimum absolute atomic E-state index is 0.196. The lowest BCUT2D eigenvalue weighted by atomic mass is 10.1. The Labute approximate surface area is 160 Å². The lowest BCUT2D eigenvalue weighted by Crippen LogP contribution is -2.46. The number of benzene rings is 1. The van der Waals surface area contributed by atoms with Gasteiger partial charge in [-0.05, 0) is 30.7 Å². The van der Waals surface area contributed by atoms with Crippen LogP contribution in [-0.2, 0) is 6.42 Å². The molecule has 1 N–H and O–H groups in total. The summed E-state index contributed by atoms with van der Waals surface area (Å²) in [5, 5.41) is 2.90. The second kappa shape index (κ2) is 9.32. The zero-order chi connectivity index (χ0) is 19.1. The van der Waals surface area contributed by atoms with Gasteiger partial charge in [0.05, 0.1) is 19.5 Å². The summed E-state index contributed by atoms with van der Waals surface area (Å²) in [4.78, 5) is 25.6. The molecule has 2 heterocycles. The summed E-state index contributed by atoms with van der Waals surface area (Å²) in [5.74, 6) is 1.47. The quantitative estimate of drug-likeness (QED) is 0.799. The van der Waals surface area contributed by atoms with Gasteiger partial charge in [-0.2, -0.15) is 0 Å². The van der Waals surface area contributed by atoms with Crippen LogP contribution in [0, 0.1) is 0 Å². The van der Waals surface area contributed by atoms with Gasteiger partial charge in [0.15, 0.2) is 0 Å². The van der Waals surface area contributed by atoms with Crippen LogP contribution in [0.5, 0.6) is 5.75 Å².